The van der Waals surface area contributed by atoms with E-state index in [1.54, 1.807) is 0 Å². The number of piperidine rings is 1. The summed E-state index contributed by atoms with van der Waals surface area (Å²) < 4.78 is 5.96. The highest BCUT2D eigenvalue weighted by atomic mass is 16.3. The molecule has 1 aromatic heterocycles. The first-order chi connectivity index (χ1) is 17.5. The van der Waals surface area contributed by atoms with Gasteiger partial charge < -0.3 is 19.3 Å². The highest BCUT2D eigenvalue weighted by Gasteiger charge is 2.35. The monoisotopic (exact) mass is 488 g/mol. The van der Waals surface area contributed by atoms with Crippen molar-refractivity contribution in [3.05, 3.63) is 71.5 Å². The molecule has 0 saturated carbocycles. The van der Waals surface area contributed by atoms with E-state index in [-0.39, 0.29) is 11.8 Å². The summed E-state index contributed by atoms with van der Waals surface area (Å²) in [6.45, 7) is 4.57. The second-order valence-corrected chi connectivity index (χ2v) is 10.4. The quantitative estimate of drug-likeness (QED) is 0.518. The fraction of sp³-hybridized carbons (Fsp3) is 0.467. The number of rotatable bonds is 5. The molecule has 36 heavy (non-hydrogen) atoms. The van der Waals surface area contributed by atoms with Gasteiger partial charge in [0.25, 0.3) is 5.91 Å². The smallest absolute Gasteiger partial charge is 0.289 e. The molecule has 0 unspecified atom stereocenters. The Morgan fingerprint density at radius 1 is 0.972 bits per heavy atom. The van der Waals surface area contributed by atoms with Crippen LogP contribution in [0, 0.1) is 0 Å². The lowest BCUT2D eigenvalue weighted by Gasteiger charge is -2.38. The van der Waals surface area contributed by atoms with Crippen molar-refractivity contribution in [3.63, 3.8) is 0 Å². The van der Waals surface area contributed by atoms with Crippen molar-refractivity contribution in [1.82, 2.24) is 9.80 Å². The predicted molar refractivity (Wildman–Crippen MR) is 140 cm³/mol. The molecule has 0 spiro atoms. The Balaban J connectivity index is 1.27. The van der Waals surface area contributed by atoms with Crippen molar-refractivity contribution in [2.45, 2.75) is 63.4 Å². The van der Waals surface area contributed by atoms with Crippen molar-refractivity contribution in [1.29, 1.82) is 0 Å². The van der Waals surface area contributed by atoms with E-state index in [9.17, 15) is 14.7 Å². The molecule has 2 aliphatic rings. The third-order valence-electron chi connectivity index (χ3n) is 7.96. The lowest BCUT2D eigenvalue weighted by molar-refractivity contribution is -0.135. The first kappa shape index (κ1) is 24.6. The summed E-state index contributed by atoms with van der Waals surface area (Å²) in [7, 11) is 0. The van der Waals surface area contributed by atoms with Crippen LogP contribution in [0.25, 0.3) is 11.0 Å². The molecule has 0 bridgehead atoms. The number of likely N-dealkylation sites (tertiary alicyclic amines) is 2. The Labute approximate surface area is 212 Å². The summed E-state index contributed by atoms with van der Waals surface area (Å²) >= 11 is 0. The Morgan fingerprint density at radius 3 is 2.50 bits per heavy atom. The van der Waals surface area contributed by atoms with Gasteiger partial charge in [-0.25, -0.2) is 0 Å². The van der Waals surface area contributed by atoms with Gasteiger partial charge in [0.1, 0.15) is 5.58 Å². The molecule has 2 fully saturated rings. The van der Waals surface area contributed by atoms with Crippen LogP contribution in [0.2, 0.25) is 0 Å². The van der Waals surface area contributed by atoms with Gasteiger partial charge in [-0.05, 0) is 73.8 Å². The van der Waals surface area contributed by atoms with Gasteiger partial charge in [-0.3, -0.25) is 9.59 Å². The maximum Gasteiger partial charge on any atom is 0.289 e. The van der Waals surface area contributed by atoms with Gasteiger partial charge in [-0.2, -0.15) is 0 Å². The summed E-state index contributed by atoms with van der Waals surface area (Å²) in [5, 5.41) is 12.2. The summed E-state index contributed by atoms with van der Waals surface area (Å²) in [6.07, 6.45) is 5.41. The molecule has 6 nitrogen and oxygen atoms in total. The minimum Gasteiger partial charge on any atom is -0.451 e. The van der Waals surface area contributed by atoms with Gasteiger partial charge in [0, 0.05) is 38.0 Å². The van der Waals surface area contributed by atoms with Crippen LogP contribution in [-0.4, -0.2) is 52.9 Å². The number of hydrogen-bond donors (Lipinski definition) is 1. The van der Waals surface area contributed by atoms with E-state index in [2.05, 4.69) is 24.3 Å². The predicted octanol–water partition coefficient (Wildman–Crippen LogP) is 5.45. The summed E-state index contributed by atoms with van der Waals surface area (Å²) in [4.78, 5) is 29.3. The van der Waals surface area contributed by atoms with Crippen molar-refractivity contribution in [2.24, 2.45) is 0 Å². The molecule has 6 heteroatoms. The molecule has 1 N–H and O–H groups in total. The number of amides is 2. The van der Waals surface area contributed by atoms with Crippen LogP contribution < -0.4 is 0 Å². The topological polar surface area (TPSA) is 74.0 Å². The first-order valence-electron chi connectivity index (χ1n) is 13.4. The van der Waals surface area contributed by atoms with Crippen LogP contribution >= 0.6 is 0 Å². The summed E-state index contributed by atoms with van der Waals surface area (Å²) in [5.41, 5.74) is 1.84. The van der Waals surface area contributed by atoms with Crippen LogP contribution in [-0.2, 0) is 10.4 Å². The molecule has 3 heterocycles. The van der Waals surface area contributed by atoms with Crippen LogP contribution in [0.3, 0.4) is 0 Å². The second kappa shape index (κ2) is 10.5. The lowest BCUT2D eigenvalue weighted by atomic mass is 9.84. The van der Waals surface area contributed by atoms with Gasteiger partial charge in [-0.15, -0.1) is 0 Å². The molecule has 2 aromatic carbocycles. The van der Waals surface area contributed by atoms with E-state index >= 15 is 0 Å². The molecular formula is C30H36N2O4. The third-order valence-corrected chi connectivity index (χ3v) is 7.96. The van der Waals surface area contributed by atoms with E-state index < -0.39 is 5.60 Å². The number of hydrogen-bond acceptors (Lipinski definition) is 4. The molecular weight excluding hydrogens is 452 g/mol. The van der Waals surface area contributed by atoms with Crippen molar-refractivity contribution in [2.75, 3.05) is 26.2 Å². The molecule has 2 amide bonds. The van der Waals surface area contributed by atoms with Gasteiger partial charge in [0.15, 0.2) is 5.76 Å². The fourth-order valence-corrected chi connectivity index (χ4v) is 5.74. The van der Waals surface area contributed by atoms with E-state index in [1.165, 1.54) is 5.56 Å². The number of aliphatic hydroxyl groups is 1. The van der Waals surface area contributed by atoms with Crippen LogP contribution in [0.15, 0.2) is 59.0 Å². The average molecular weight is 489 g/mol. The Hall–Kier alpha value is -3.12. The number of fused-ring (bicyclic) bond motifs is 1. The SMILES string of the molecule is CCCC(=O)N1CCC(O)(c2ccc3oc(C(=O)N4CCC[C@@H](c5ccccc5)CC4)cc3c2)CC1. The largest absolute Gasteiger partial charge is 0.451 e. The maximum atomic E-state index is 13.3. The van der Waals surface area contributed by atoms with Crippen molar-refractivity contribution >= 4 is 22.8 Å². The van der Waals surface area contributed by atoms with E-state index in [4.69, 9.17) is 4.42 Å². The molecule has 190 valence electrons. The molecule has 0 radical (unpaired) electrons. The fourth-order valence-electron chi connectivity index (χ4n) is 5.74. The van der Waals surface area contributed by atoms with E-state index in [0.717, 1.165) is 43.2 Å². The third kappa shape index (κ3) is 5.05. The lowest BCUT2D eigenvalue weighted by Crippen LogP contribution is -2.45. The number of carbonyl (C=O) groups is 2. The Bertz CT molecular complexity index is 1210. The minimum atomic E-state index is -0.976. The molecule has 2 saturated heterocycles. The second-order valence-electron chi connectivity index (χ2n) is 10.4. The number of benzene rings is 2. The minimum absolute atomic E-state index is 0.0667. The van der Waals surface area contributed by atoms with Gasteiger partial charge >= 0.3 is 0 Å². The zero-order valence-electron chi connectivity index (χ0n) is 21.1. The molecule has 5 rings (SSSR count). The molecule has 0 aliphatic carbocycles. The van der Waals surface area contributed by atoms with Crippen LogP contribution in [0.4, 0.5) is 0 Å². The zero-order valence-corrected chi connectivity index (χ0v) is 21.1. The van der Waals surface area contributed by atoms with Gasteiger partial charge in [0.05, 0.1) is 5.60 Å². The van der Waals surface area contributed by atoms with Crippen molar-refractivity contribution in [3.8, 4) is 0 Å². The Morgan fingerprint density at radius 2 is 1.75 bits per heavy atom. The summed E-state index contributed by atoms with van der Waals surface area (Å²) in [6, 6.07) is 18.0. The van der Waals surface area contributed by atoms with Crippen LogP contribution in [0.5, 0.6) is 0 Å². The number of carbonyl (C=O) groups excluding carboxylic acids is 2. The molecule has 2 aliphatic heterocycles. The van der Waals surface area contributed by atoms with Gasteiger partial charge in [0.2, 0.25) is 5.91 Å². The van der Waals surface area contributed by atoms with E-state index in [0.29, 0.717) is 56.2 Å². The zero-order chi connectivity index (χ0) is 25.1. The normalized spacial score (nSPS) is 20.3. The standard InChI is InChI=1S/C30H36N2O4/c1-2-7-28(33)31-18-14-30(35,15-19-31)25-11-12-26-24(20-25)21-27(36-26)29(34)32-16-6-10-23(13-17-32)22-8-4-3-5-9-22/h3-5,8-9,11-12,20-21,23,35H,2,6-7,10,13-19H2,1H3/t23-/m1/s1. The van der Waals surface area contributed by atoms with Gasteiger partial charge in [-0.1, -0.05) is 43.3 Å². The average Bonchev–Trinajstić information content (AvgIpc) is 3.18. The highest BCUT2D eigenvalue weighted by molar-refractivity contribution is 5.96. The molecule has 3 aromatic rings. The summed E-state index contributed by atoms with van der Waals surface area (Å²) in [5.74, 6) is 0.929. The number of nitrogens with zero attached hydrogens (tertiary/aromatic N) is 2. The maximum absolute atomic E-state index is 13.3. The first-order valence-corrected chi connectivity index (χ1v) is 13.4. The highest BCUT2D eigenvalue weighted by Crippen LogP contribution is 2.36. The van der Waals surface area contributed by atoms with Crippen LogP contribution in [0.1, 0.15) is 79.5 Å². The number of furan rings is 1. The molecule has 1 atom stereocenters. The Kier molecular flexibility index (Phi) is 7.15. The van der Waals surface area contributed by atoms with E-state index in [1.807, 2.05) is 47.1 Å². The van der Waals surface area contributed by atoms with Crippen molar-refractivity contribution < 1.29 is 19.1 Å².